The topological polar surface area (TPSA) is 48.5 Å². The number of aryl methyl sites for hydroxylation is 1. The Kier molecular flexibility index (Phi) is 5.06. The van der Waals surface area contributed by atoms with Gasteiger partial charge in [0.25, 0.3) is 0 Å². The molecule has 1 fully saturated rings. The van der Waals surface area contributed by atoms with Crippen molar-refractivity contribution in [2.24, 2.45) is 0 Å². The minimum absolute atomic E-state index is 0.0763. The largest absolute Gasteiger partial charge is 0.353 e. The molecule has 1 atom stereocenters. The first-order valence-electron chi connectivity index (χ1n) is 8.60. The molecule has 24 heavy (non-hydrogen) atoms. The third-order valence-electron chi connectivity index (χ3n) is 4.48. The first kappa shape index (κ1) is 17.2. The summed E-state index contributed by atoms with van der Waals surface area (Å²) >= 11 is 1.76. The van der Waals surface area contributed by atoms with Crippen molar-refractivity contribution in [3.8, 4) is 0 Å². The van der Waals surface area contributed by atoms with Crippen LogP contribution in [0.3, 0.4) is 0 Å². The lowest BCUT2D eigenvalue weighted by Crippen LogP contribution is -2.54. The molecule has 1 amide bonds. The molecule has 2 heterocycles. The predicted octanol–water partition coefficient (Wildman–Crippen LogP) is 2.64. The maximum absolute atomic E-state index is 12.2. The van der Waals surface area contributed by atoms with Gasteiger partial charge in [-0.05, 0) is 45.4 Å². The summed E-state index contributed by atoms with van der Waals surface area (Å²) in [5.41, 5.74) is 2.35. The lowest BCUT2D eigenvalue weighted by Gasteiger charge is -2.37. The summed E-state index contributed by atoms with van der Waals surface area (Å²) in [7, 11) is 0. The second-order valence-electron chi connectivity index (χ2n) is 6.83. The molecule has 3 rings (SSSR count). The number of carbonyl (C=O) groups excluding carboxylic acids is 1. The fourth-order valence-corrected chi connectivity index (χ4v) is 4.14. The SMILES string of the molecule is Cc1ccc2nc(N3CCN(C(C)C(=O)NC(C)C)CC3)sc2c1. The summed E-state index contributed by atoms with van der Waals surface area (Å²) in [5, 5.41) is 4.09. The number of fused-ring (bicyclic) bond motifs is 1. The van der Waals surface area contributed by atoms with E-state index in [-0.39, 0.29) is 18.0 Å². The van der Waals surface area contributed by atoms with Crippen LogP contribution in [0, 0.1) is 6.92 Å². The van der Waals surface area contributed by atoms with Crippen LogP contribution in [0.1, 0.15) is 26.3 Å². The summed E-state index contributed by atoms with van der Waals surface area (Å²) in [6.45, 7) is 11.7. The number of amides is 1. The summed E-state index contributed by atoms with van der Waals surface area (Å²) in [6.07, 6.45) is 0. The van der Waals surface area contributed by atoms with Crippen molar-refractivity contribution in [3.63, 3.8) is 0 Å². The molecule has 0 saturated carbocycles. The molecule has 0 spiro atoms. The average molecular weight is 347 g/mol. The molecular weight excluding hydrogens is 320 g/mol. The van der Waals surface area contributed by atoms with Crippen molar-refractivity contribution in [3.05, 3.63) is 23.8 Å². The van der Waals surface area contributed by atoms with Crippen LogP contribution in [-0.2, 0) is 4.79 Å². The molecular formula is C18H26N4OS. The molecule has 0 aliphatic carbocycles. The highest BCUT2D eigenvalue weighted by atomic mass is 32.1. The molecule has 1 aromatic heterocycles. The lowest BCUT2D eigenvalue weighted by molar-refractivity contribution is -0.126. The van der Waals surface area contributed by atoms with Crippen LogP contribution < -0.4 is 10.2 Å². The van der Waals surface area contributed by atoms with Gasteiger partial charge in [-0.1, -0.05) is 17.4 Å². The Morgan fingerprint density at radius 2 is 1.92 bits per heavy atom. The number of rotatable bonds is 4. The van der Waals surface area contributed by atoms with Crippen LogP contribution in [0.2, 0.25) is 0 Å². The monoisotopic (exact) mass is 346 g/mol. The number of hydrogen-bond acceptors (Lipinski definition) is 5. The minimum atomic E-state index is -0.0763. The number of nitrogens with one attached hydrogen (secondary N) is 1. The van der Waals surface area contributed by atoms with Gasteiger partial charge in [0, 0.05) is 32.2 Å². The van der Waals surface area contributed by atoms with Crippen LogP contribution in [0.5, 0.6) is 0 Å². The highest BCUT2D eigenvalue weighted by Gasteiger charge is 2.26. The molecule has 1 aliphatic rings. The first-order chi connectivity index (χ1) is 11.4. The first-order valence-corrected chi connectivity index (χ1v) is 9.42. The summed E-state index contributed by atoms with van der Waals surface area (Å²) < 4.78 is 1.25. The third-order valence-corrected chi connectivity index (χ3v) is 5.55. The van der Waals surface area contributed by atoms with E-state index >= 15 is 0 Å². The van der Waals surface area contributed by atoms with Gasteiger partial charge in [-0.15, -0.1) is 0 Å². The molecule has 1 aliphatic heterocycles. The van der Waals surface area contributed by atoms with E-state index in [1.165, 1.54) is 10.3 Å². The second-order valence-corrected chi connectivity index (χ2v) is 7.84. The number of carbonyl (C=O) groups is 1. The van der Waals surface area contributed by atoms with Gasteiger partial charge in [0.1, 0.15) is 0 Å². The summed E-state index contributed by atoms with van der Waals surface area (Å²) in [4.78, 5) is 21.5. The summed E-state index contributed by atoms with van der Waals surface area (Å²) in [6, 6.07) is 6.52. The van der Waals surface area contributed by atoms with Crippen LogP contribution in [-0.4, -0.2) is 54.1 Å². The number of piperazine rings is 1. The zero-order valence-corrected chi connectivity index (χ0v) is 15.7. The molecule has 2 aromatic rings. The van der Waals surface area contributed by atoms with E-state index in [4.69, 9.17) is 4.98 Å². The van der Waals surface area contributed by atoms with Crippen molar-refractivity contribution in [1.82, 2.24) is 15.2 Å². The quantitative estimate of drug-likeness (QED) is 0.925. The fraction of sp³-hybridized carbons (Fsp3) is 0.556. The number of aromatic nitrogens is 1. The maximum Gasteiger partial charge on any atom is 0.237 e. The van der Waals surface area contributed by atoms with Gasteiger partial charge in [0.05, 0.1) is 16.3 Å². The Bertz CT molecular complexity index is 719. The zero-order valence-electron chi connectivity index (χ0n) is 14.9. The van der Waals surface area contributed by atoms with Gasteiger partial charge in [0.2, 0.25) is 5.91 Å². The van der Waals surface area contributed by atoms with Crippen LogP contribution in [0.15, 0.2) is 18.2 Å². The number of anilines is 1. The van der Waals surface area contributed by atoms with E-state index in [1.54, 1.807) is 11.3 Å². The van der Waals surface area contributed by atoms with E-state index in [0.717, 1.165) is 36.8 Å². The third kappa shape index (κ3) is 3.70. The van der Waals surface area contributed by atoms with Gasteiger partial charge in [-0.3, -0.25) is 9.69 Å². The Morgan fingerprint density at radius 1 is 1.21 bits per heavy atom. The van der Waals surface area contributed by atoms with Crippen molar-refractivity contribution in [2.45, 2.75) is 39.8 Å². The lowest BCUT2D eigenvalue weighted by atomic mass is 10.2. The van der Waals surface area contributed by atoms with Crippen molar-refractivity contribution < 1.29 is 4.79 Å². The fourth-order valence-electron chi connectivity index (χ4n) is 3.03. The Labute approximate surface area is 147 Å². The maximum atomic E-state index is 12.2. The van der Waals surface area contributed by atoms with Gasteiger partial charge in [-0.2, -0.15) is 0 Å². The Balaban J connectivity index is 1.62. The van der Waals surface area contributed by atoms with Gasteiger partial charge in [-0.25, -0.2) is 4.98 Å². The van der Waals surface area contributed by atoms with Gasteiger partial charge < -0.3 is 10.2 Å². The number of hydrogen-bond donors (Lipinski definition) is 1. The smallest absolute Gasteiger partial charge is 0.237 e. The van der Waals surface area contributed by atoms with E-state index in [9.17, 15) is 4.79 Å². The number of nitrogens with zero attached hydrogens (tertiary/aromatic N) is 3. The molecule has 5 nitrogen and oxygen atoms in total. The number of benzene rings is 1. The summed E-state index contributed by atoms with van der Waals surface area (Å²) in [5.74, 6) is 0.119. The minimum Gasteiger partial charge on any atom is -0.353 e. The second kappa shape index (κ2) is 7.07. The molecule has 1 N–H and O–H groups in total. The van der Waals surface area contributed by atoms with E-state index in [0.29, 0.717) is 0 Å². The molecule has 1 aromatic carbocycles. The normalized spacial score (nSPS) is 17.5. The van der Waals surface area contributed by atoms with Crippen LogP contribution in [0.25, 0.3) is 10.2 Å². The highest BCUT2D eigenvalue weighted by Crippen LogP contribution is 2.30. The molecule has 0 radical (unpaired) electrons. The average Bonchev–Trinajstić information content (AvgIpc) is 2.96. The molecule has 0 bridgehead atoms. The van der Waals surface area contributed by atoms with Crippen molar-refractivity contribution in [1.29, 1.82) is 0 Å². The molecule has 1 saturated heterocycles. The molecule has 1 unspecified atom stereocenters. The zero-order chi connectivity index (χ0) is 17.3. The van der Waals surface area contributed by atoms with Gasteiger partial charge >= 0.3 is 0 Å². The molecule has 6 heteroatoms. The van der Waals surface area contributed by atoms with E-state index in [1.807, 2.05) is 20.8 Å². The Morgan fingerprint density at radius 3 is 2.58 bits per heavy atom. The van der Waals surface area contributed by atoms with Crippen LogP contribution in [0.4, 0.5) is 5.13 Å². The van der Waals surface area contributed by atoms with E-state index in [2.05, 4.69) is 40.2 Å². The van der Waals surface area contributed by atoms with Gasteiger partial charge in [0.15, 0.2) is 5.13 Å². The predicted molar refractivity (Wildman–Crippen MR) is 101 cm³/mol. The van der Waals surface area contributed by atoms with E-state index < -0.39 is 0 Å². The Hall–Kier alpha value is -1.66. The highest BCUT2D eigenvalue weighted by molar-refractivity contribution is 7.22. The van der Waals surface area contributed by atoms with Crippen LogP contribution >= 0.6 is 11.3 Å². The molecule has 130 valence electrons. The van der Waals surface area contributed by atoms with Crippen molar-refractivity contribution in [2.75, 3.05) is 31.1 Å². The standard InChI is InChI=1S/C18H26N4OS/c1-12(2)19-17(23)14(4)21-7-9-22(10-8-21)18-20-15-6-5-13(3)11-16(15)24-18/h5-6,11-12,14H,7-10H2,1-4H3,(H,19,23). The van der Waals surface area contributed by atoms with Crippen molar-refractivity contribution >= 4 is 32.6 Å². The number of thiazole rings is 1.